The van der Waals surface area contributed by atoms with Crippen LogP contribution in [0.4, 0.5) is 0 Å². The van der Waals surface area contributed by atoms with Crippen molar-refractivity contribution in [3.05, 3.63) is 29.8 Å². The van der Waals surface area contributed by atoms with Crippen molar-refractivity contribution in [3.8, 4) is 11.4 Å². The maximum absolute atomic E-state index is 12.3. The first kappa shape index (κ1) is 17.0. The number of carbonyl (C=O) groups is 1. The fourth-order valence-corrected chi connectivity index (χ4v) is 3.66. The molecule has 6 heteroatoms. The van der Waals surface area contributed by atoms with Crippen LogP contribution >= 0.6 is 11.8 Å². The topological polar surface area (TPSA) is 70.7 Å². The molecule has 1 amide bonds. The molecule has 1 aliphatic rings. The predicted molar refractivity (Wildman–Crippen MR) is 96.9 cm³/mol. The Morgan fingerprint density at radius 1 is 1.33 bits per heavy atom. The second-order valence-corrected chi connectivity index (χ2v) is 7.58. The van der Waals surface area contributed by atoms with Crippen molar-refractivity contribution in [2.45, 2.75) is 62.4 Å². The molecule has 0 bridgehead atoms. The van der Waals surface area contributed by atoms with Crippen molar-refractivity contribution in [3.63, 3.8) is 0 Å². The zero-order chi connectivity index (χ0) is 16.9. The number of benzene rings is 1. The normalized spacial score (nSPS) is 16.2. The van der Waals surface area contributed by atoms with Gasteiger partial charge in [0.15, 0.2) is 5.82 Å². The predicted octanol–water partition coefficient (Wildman–Crippen LogP) is 3.57. The van der Waals surface area contributed by atoms with Crippen LogP contribution in [0.2, 0.25) is 0 Å². The molecule has 2 aromatic rings. The first-order chi connectivity index (χ1) is 11.7. The number of rotatable bonds is 6. The maximum atomic E-state index is 12.3. The van der Waals surface area contributed by atoms with Crippen LogP contribution in [0.25, 0.3) is 11.4 Å². The molecular formula is C18H24N4OS. The summed E-state index contributed by atoms with van der Waals surface area (Å²) >= 11 is 1.39. The van der Waals surface area contributed by atoms with Gasteiger partial charge in [-0.2, -0.15) is 0 Å². The van der Waals surface area contributed by atoms with E-state index < -0.39 is 0 Å². The minimum Gasteiger partial charge on any atom is -0.352 e. The first-order valence-corrected chi connectivity index (χ1v) is 9.52. The summed E-state index contributed by atoms with van der Waals surface area (Å²) in [5.74, 6) is 0.814. The minimum atomic E-state index is -0.197. The van der Waals surface area contributed by atoms with Crippen LogP contribution in [0.1, 0.15) is 45.1 Å². The number of nitrogens with one attached hydrogen (secondary N) is 2. The van der Waals surface area contributed by atoms with E-state index in [1.165, 1.54) is 30.2 Å². The summed E-state index contributed by atoms with van der Waals surface area (Å²) in [6.45, 7) is 4.04. The third kappa shape index (κ3) is 4.17. The molecule has 1 heterocycles. The quantitative estimate of drug-likeness (QED) is 0.786. The third-order valence-electron chi connectivity index (χ3n) is 4.45. The summed E-state index contributed by atoms with van der Waals surface area (Å²) in [4.78, 5) is 16.8. The summed E-state index contributed by atoms with van der Waals surface area (Å²) in [5, 5.41) is 10.7. The SMILES string of the molecule is CCc1ccc(-c2nc(S[C@H](C)C(=O)NC3CCCC3)n[nH]2)cc1. The molecule has 1 saturated carbocycles. The number of carbonyl (C=O) groups excluding carboxylic acids is 1. The van der Waals surface area contributed by atoms with Gasteiger partial charge in [0, 0.05) is 11.6 Å². The Labute approximate surface area is 147 Å². The average Bonchev–Trinajstić information content (AvgIpc) is 3.27. The van der Waals surface area contributed by atoms with E-state index in [4.69, 9.17) is 0 Å². The monoisotopic (exact) mass is 344 g/mol. The molecule has 1 fully saturated rings. The van der Waals surface area contributed by atoms with Crippen molar-refractivity contribution >= 4 is 17.7 Å². The van der Waals surface area contributed by atoms with E-state index in [0.717, 1.165) is 30.7 Å². The first-order valence-electron chi connectivity index (χ1n) is 8.64. The lowest BCUT2D eigenvalue weighted by Crippen LogP contribution is -2.37. The van der Waals surface area contributed by atoms with Gasteiger partial charge in [0.05, 0.1) is 5.25 Å². The number of aryl methyl sites for hydroxylation is 1. The van der Waals surface area contributed by atoms with E-state index >= 15 is 0 Å². The van der Waals surface area contributed by atoms with Crippen molar-refractivity contribution in [2.75, 3.05) is 0 Å². The average molecular weight is 344 g/mol. The van der Waals surface area contributed by atoms with E-state index in [2.05, 4.69) is 39.6 Å². The molecule has 0 aliphatic heterocycles. The molecule has 5 nitrogen and oxygen atoms in total. The van der Waals surface area contributed by atoms with E-state index in [1.54, 1.807) is 0 Å². The van der Waals surface area contributed by atoms with E-state index in [-0.39, 0.29) is 11.2 Å². The lowest BCUT2D eigenvalue weighted by Gasteiger charge is -2.15. The van der Waals surface area contributed by atoms with Crippen molar-refractivity contribution in [2.24, 2.45) is 0 Å². The molecule has 0 radical (unpaired) electrons. The molecule has 3 rings (SSSR count). The Bertz CT molecular complexity index is 677. The van der Waals surface area contributed by atoms with Gasteiger partial charge in [0.2, 0.25) is 11.1 Å². The lowest BCUT2D eigenvalue weighted by molar-refractivity contribution is -0.120. The van der Waals surface area contributed by atoms with Crippen molar-refractivity contribution < 1.29 is 4.79 Å². The van der Waals surface area contributed by atoms with Crippen molar-refractivity contribution in [1.29, 1.82) is 0 Å². The second kappa shape index (κ2) is 7.83. The van der Waals surface area contributed by atoms with Gasteiger partial charge in [-0.05, 0) is 31.7 Å². The minimum absolute atomic E-state index is 0.0746. The number of aromatic nitrogens is 3. The van der Waals surface area contributed by atoms with Crippen LogP contribution in [-0.2, 0) is 11.2 Å². The summed E-state index contributed by atoms with van der Waals surface area (Å²) in [5.41, 5.74) is 2.31. The number of amides is 1. The molecule has 2 N–H and O–H groups in total. The highest BCUT2D eigenvalue weighted by molar-refractivity contribution is 8.00. The standard InChI is InChI=1S/C18H24N4OS/c1-3-13-8-10-14(11-9-13)16-20-18(22-21-16)24-12(2)17(23)19-15-6-4-5-7-15/h8-12,15H,3-7H2,1-2H3,(H,19,23)(H,20,21,22)/t12-/m1/s1. The molecular weight excluding hydrogens is 320 g/mol. The zero-order valence-corrected chi connectivity index (χ0v) is 15.0. The molecule has 128 valence electrons. The zero-order valence-electron chi connectivity index (χ0n) is 14.2. The Balaban J connectivity index is 1.59. The largest absolute Gasteiger partial charge is 0.352 e. The number of aromatic amines is 1. The number of H-pyrrole nitrogens is 1. The van der Waals surface area contributed by atoms with Crippen LogP contribution in [-0.4, -0.2) is 32.4 Å². The molecule has 1 aromatic heterocycles. The highest BCUT2D eigenvalue weighted by atomic mass is 32.2. The Morgan fingerprint density at radius 3 is 2.71 bits per heavy atom. The summed E-state index contributed by atoms with van der Waals surface area (Å²) in [6.07, 6.45) is 5.65. The van der Waals surface area contributed by atoms with Gasteiger partial charge in [-0.15, -0.1) is 5.10 Å². The summed E-state index contributed by atoms with van der Waals surface area (Å²) in [7, 11) is 0. The van der Waals surface area contributed by atoms with Crippen LogP contribution < -0.4 is 5.32 Å². The van der Waals surface area contributed by atoms with Crippen LogP contribution in [0.3, 0.4) is 0 Å². The number of hydrogen-bond donors (Lipinski definition) is 2. The summed E-state index contributed by atoms with van der Waals surface area (Å²) < 4.78 is 0. The van der Waals surface area contributed by atoms with E-state index in [9.17, 15) is 4.79 Å². The van der Waals surface area contributed by atoms with Crippen molar-refractivity contribution in [1.82, 2.24) is 20.5 Å². The van der Waals surface area contributed by atoms with Crippen LogP contribution in [0, 0.1) is 0 Å². The molecule has 1 aliphatic carbocycles. The molecule has 24 heavy (non-hydrogen) atoms. The molecule has 0 spiro atoms. The molecule has 1 atom stereocenters. The van der Waals surface area contributed by atoms with Gasteiger partial charge in [-0.3, -0.25) is 9.89 Å². The van der Waals surface area contributed by atoms with Gasteiger partial charge >= 0.3 is 0 Å². The van der Waals surface area contributed by atoms with Gasteiger partial charge in [0.1, 0.15) is 0 Å². The molecule has 1 aromatic carbocycles. The summed E-state index contributed by atoms with van der Waals surface area (Å²) in [6, 6.07) is 8.64. The number of hydrogen-bond acceptors (Lipinski definition) is 4. The fraction of sp³-hybridized carbons (Fsp3) is 0.500. The lowest BCUT2D eigenvalue weighted by atomic mass is 10.1. The van der Waals surface area contributed by atoms with Gasteiger partial charge in [-0.1, -0.05) is 55.8 Å². The highest BCUT2D eigenvalue weighted by Gasteiger charge is 2.22. The molecule has 0 saturated heterocycles. The van der Waals surface area contributed by atoms with Gasteiger partial charge < -0.3 is 5.32 Å². The third-order valence-corrected chi connectivity index (χ3v) is 5.41. The van der Waals surface area contributed by atoms with Crippen LogP contribution in [0.5, 0.6) is 0 Å². The van der Waals surface area contributed by atoms with E-state index in [1.807, 2.05) is 19.1 Å². The van der Waals surface area contributed by atoms with Crippen LogP contribution in [0.15, 0.2) is 29.4 Å². The Morgan fingerprint density at radius 2 is 2.04 bits per heavy atom. The Kier molecular flexibility index (Phi) is 5.56. The fourth-order valence-electron chi connectivity index (χ4n) is 2.93. The van der Waals surface area contributed by atoms with Gasteiger partial charge in [-0.25, -0.2) is 4.98 Å². The number of thioether (sulfide) groups is 1. The highest BCUT2D eigenvalue weighted by Crippen LogP contribution is 2.24. The van der Waals surface area contributed by atoms with Gasteiger partial charge in [0.25, 0.3) is 0 Å². The Hall–Kier alpha value is -1.82. The second-order valence-electron chi connectivity index (χ2n) is 6.27. The maximum Gasteiger partial charge on any atom is 0.233 e. The number of nitrogens with zero attached hydrogens (tertiary/aromatic N) is 2. The smallest absolute Gasteiger partial charge is 0.233 e. The molecule has 0 unspecified atom stereocenters. The van der Waals surface area contributed by atoms with E-state index in [0.29, 0.717) is 11.2 Å².